The molecule has 1 aliphatic carbocycles. The lowest BCUT2D eigenvalue weighted by molar-refractivity contribution is 0.0808. The zero-order valence-electron chi connectivity index (χ0n) is 9.70. The number of nitrogens with zero attached hydrogens (tertiary/aromatic N) is 1. The maximum atomic E-state index is 5.80. The molecule has 0 aromatic carbocycles. The summed E-state index contributed by atoms with van der Waals surface area (Å²) in [7, 11) is 0. The predicted octanol–water partition coefficient (Wildman–Crippen LogP) is 1.38. The van der Waals surface area contributed by atoms with Crippen LogP contribution in [0.15, 0.2) is 6.33 Å². The first-order chi connectivity index (χ1) is 7.84. The normalized spacial score (nSPS) is 29.8. The van der Waals surface area contributed by atoms with Gasteiger partial charge in [-0.1, -0.05) is 0 Å². The summed E-state index contributed by atoms with van der Waals surface area (Å²) in [6, 6.07) is 0.531. The molecule has 88 valence electrons. The highest BCUT2D eigenvalue weighted by Crippen LogP contribution is 2.38. The van der Waals surface area contributed by atoms with Crippen molar-refractivity contribution in [1.82, 2.24) is 15.3 Å². The van der Waals surface area contributed by atoms with Crippen LogP contribution < -0.4 is 5.32 Å². The molecule has 0 bridgehead atoms. The van der Waals surface area contributed by atoms with Crippen LogP contribution in [0.2, 0.25) is 0 Å². The molecule has 1 aliphatic heterocycles. The lowest BCUT2D eigenvalue weighted by atomic mass is 10.1. The van der Waals surface area contributed by atoms with Crippen LogP contribution in [0.1, 0.15) is 30.7 Å². The first-order valence-electron chi connectivity index (χ1n) is 6.18. The first kappa shape index (κ1) is 10.3. The van der Waals surface area contributed by atoms with E-state index < -0.39 is 0 Å². The molecule has 2 unspecified atom stereocenters. The Morgan fingerprint density at radius 1 is 1.50 bits per heavy atom. The van der Waals surface area contributed by atoms with E-state index in [4.69, 9.17) is 4.74 Å². The summed E-state index contributed by atoms with van der Waals surface area (Å²) in [5.41, 5.74) is 2.29. The van der Waals surface area contributed by atoms with Crippen molar-refractivity contribution in [1.29, 1.82) is 0 Å². The number of aromatic nitrogens is 2. The van der Waals surface area contributed by atoms with Gasteiger partial charge < -0.3 is 15.0 Å². The Labute approximate surface area is 95.8 Å². The zero-order valence-corrected chi connectivity index (χ0v) is 9.70. The molecule has 3 rings (SSSR count). The Morgan fingerprint density at radius 2 is 2.38 bits per heavy atom. The lowest BCUT2D eigenvalue weighted by Gasteiger charge is -2.19. The van der Waals surface area contributed by atoms with E-state index >= 15 is 0 Å². The molecule has 4 heteroatoms. The fourth-order valence-electron chi connectivity index (χ4n) is 2.51. The molecule has 0 amide bonds. The van der Waals surface area contributed by atoms with Crippen molar-refractivity contribution in [3.8, 4) is 0 Å². The van der Waals surface area contributed by atoms with Crippen molar-refractivity contribution >= 4 is 0 Å². The Kier molecular flexibility index (Phi) is 2.69. The van der Waals surface area contributed by atoms with Crippen LogP contribution in [0.5, 0.6) is 0 Å². The third kappa shape index (κ3) is 1.99. The average Bonchev–Trinajstić information content (AvgIpc) is 2.88. The van der Waals surface area contributed by atoms with Crippen molar-refractivity contribution in [2.75, 3.05) is 6.61 Å². The second kappa shape index (κ2) is 4.18. The molecule has 2 N–H and O–H groups in total. The number of imidazole rings is 1. The van der Waals surface area contributed by atoms with Crippen molar-refractivity contribution in [3.63, 3.8) is 0 Å². The van der Waals surface area contributed by atoms with Gasteiger partial charge in [0, 0.05) is 24.9 Å². The molecule has 0 spiro atoms. The van der Waals surface area contributed by atoms with Gasteiger partial charge in [-0.3, -0.25) is 0 Å². The van der Waals surface area contributed by atoms with E-state index in [0.29, 0.717) is 12.1 Å². The quantitative estimate of drug-likeness (QED) is 0.807. The minimum Gasteiger partial charge on any atom is -0.376 e. The van der Waals surface area contributed by atoms with Crippen molar-refractivity contribution in [3.05, 3.63) is 17.7 Å². The Balaban J connectivity index is 1.56. The van der Waals surface area contributed by atoms with Gasteiger partial charge in [-0.15, -0.1) is 0 Å². The number of aromatic amines is 1. The van der Waals surface area contributed by atoms with Crippen LogP contribution in [-0.2, 0) is 11.3 Å². The summed E-state index contributed by atoms with van der Waals surface area (Å²) >= 11 is 0. The maximum Gasteiger partial charge on any atom is 0.0925 e. The van der Waals surface area contributed by atoms with Gasteiger partial charge in [-0.05, 0) is 32.1 Å². The number of ether oxygens (including phenoxy) is 1. The molecule has 4 nitrogen and oxygen atoms in total. The molecule has 2 aliphatic rings. The average molecular weight is 221 g/mol. The second-order valence-electron chi connectivity index (χ2n) is 4.92. The van der Waals surface area contributed by atoms with Crippen LogP contribution in [0.4, 0.5) is 0 Å². The molecule has 0 radical (unpaired) electrons. The lowest BCUT2D eigenvalue weighted by Crippen LogP contribution is -2.37. The van der Waals surface area contributed by atoms with Gasteiger partial charge in [-0.2, -0.15) is 0 Å². The highest BCUT2D eigenvalue weighted by molar-refractivity contribution is 5.08. The number of hydrogen-bond acceptors (Lipinski definition) is 3. The van der Waals surface area contributed by atoms with Gasteiger partial charge in [0.25, 0.3) is 0 Å². The van der Waals surface area contributed by atoms with Gasteiger partial charge in [-0.25, -0.2) is 4.98 Å². The van der Waals surface area contributed by atoms with E-state index in [2.05, 4.69) is 22.2 Å². The molecule has 1 aromatic heterocycles. The van der Waals surface area contributed by atoms with Crippen LogP contribution in [-0.4, -0.2) is 28.7 Å². The molecular weight excluding hydrogens is 202 g/mol. The summed E-state index contributed by atoms with van der Waals surface area (Å²) in [5, 5.41) is 3.59. The summed E-state index contributed by atoms with van der Waals surface area (Å²) in [4.78, 5) is 7.41. The molecule has 1 aromatic rings. The van der Waals surface area contributed by atoms with E-state index in [0.717, 1.165) is 36.9 Å². The van der Waals surface area contributed by atoms with Crippen molar-refractivity contribution in [2.45, 2.75) is 44.9 Å². The van der Waals surface area contributed by atoms with Crippen molar-refractivity contribution in [2.24, 2.45) is 5.92 Å². The number of H-pyrrole nitrogens is 1. The fourth-order valence-corrected chi connectivity index (χ4v) is 2.51. The third-order valence-corrected chi connectivity index (χ3v) is 3.69. The molecule has 1 saturated carbocycles. The van der Waals surface area contributed by atoms with Gasteiger partial charge >= 0.3 is 0 Å². The minimum absolute atomic E-state index is 0.458. The number of rotatable bonds is 4. The van der Waals surface area contributed by atoms with Crippen LogP contribution in [0, 0.1) is 12.8 Å². The monoisotopic (exact) mass is 221 g/mol. The van der Waals surface area contributed by atoms with Gasteiger partial charge in [0.15, 0.2) is 0 Å². The Bertz CT molecular complexity index is 359. The second-order valence-corrected chi connectivity index (χ2v) is 4.92. The largest absolute Gasteiger partial charge is 0.376 e. The Morgan fingerprint density at radius 3 is 3.06 bits per heavy atom. The molecule has 2 heterocycles. The van der Waals surface area contributed by atoms with E-state index in [1.165, 1.54) is 12.8 Å². The summed E-state index contributed by atoms with van der Waals surface area (Å²) in [6.45, 7) is 3.83. The zero-order chi connectivity index (χ0) is 11.0. The third-order valence-electron chi connectivity index (χ3n) is 3.69. The number of aryl methyl sites for hydroxylation is 1. The summed E-state index contributed by atoms with van der Waals surface area (Å²) in [5.74, 6) is 0.820. The number of nitrogens with one attached hydrogen (secondary N) is 2. The summed E-state index contributed by atoms with van der Waals surface area (Å²) < 4.78 is 5.80. The topological polar surface area (TPSA) is 49.9 Å². The van der Waals surface area contributed by atoms with Gasteiger partial charge in [0.05, 0.1) is 18.1 Å². The highest BCUT2D eigenvalue weighted by atomic mass is 16.5. The Hall–Kier alpha value is -0.870. The molecule has 1 saturated heterocycles. The van der Waals surface area contributed by atoms with Gasteiger partial charge in [0.2, 0.25) is 0 Å². The minimum atomic E-state index is 0.458. The fraction of sp³-hybridized carbons (Fsp3) is 0.750. The number of hydrogen-bond donors (Lipinski definition) is 2. The van der Waals surface area contributed by atoms with Crippen molar-refractivity contribution < 1.29 is 4.74 Å². The SMILES string of the molecule is Cc1[nH]cnc1CNC1CCOC1C1CC1. The van der Waals surface area contributed by atoms with E-state index in [1.807, 2.05) is 0 Å². The standard InChI is InChI=1S/C12H19N3O/c1-8-11(15-7-14-8)6-13-10-4-5-16-12(10)9-2-3-9/h7,9-10,12-13H,2-6H2,1H3,(H,14,15). The molecule has 16 heavy (non-hydrogen) atoms. The molecular formula is C12H19N3O. The highest BCUT2D eigenvalue weighted by Gasteiger charge is 2.40. The maximum absolute atomic E-state index is 5.80. The van der Waals surface area contributed by atoms with E-state index in [9.17, 15) is 0 Å². The first-order valence-corrected chi connectivity index (χ1v) is 6.18. The van der Waals surface area contributed by atoms with E-state index in [1.54, 1.807) is 6.33 Å². The van der Waals surface area contributed by atoms with Crippen LogP contribution in [0.25, 0.3) is 0 Å². The summed E-state index contributed by atoms with van der Waals surface area (Å²) in [6.07, 6.45) is 6.06. The van der Waals surface area contributed by atoms with Crippen LogP contribution in [0.3, 0.4) is 0 Å². The molecule has 2 atom stereocenters. The molecule has 2 fully saturated rings. The smallest absolute Gasteiger partial charge is 0.0925 e. The van der Waals surface area contributed by atoms with Crippen LogP contribution >= 0.6 is 0 Å². The predicted molar refractivity (Wildman–Crippen MR) is 61.0 cm³/mol. The van der Waals surface area contributed by atoms with Gasteiger partial charge in [0.1, 0.15) is 0 Å². The van der Waals surface area contributed by atoms with E-state index in [-0.39, 0.29) is 0 Å².